The van der Waals surface area contributed by atoms with Crippen molar-refractivity contribution in [2.75, 3.05) is 6.54 Å². The highest BCUT2D eigenvalue weighted by Gasteiger charge is 2.07. The van der Waals surface area contributed by atoms with Crippen LogP contribution in [0.3, 0.4) is 0 Å². The van der Waals surface area contributed by atoms with Gasteiger partial charge in [-0.25, -0.2) is 0 Å². The summed E-state index contributed by atoms with van der Waals surface area (Å²) in [5.41, 5.74) is 3.95. The summed E-state index contributed by atoms with van der Waals surface area (Å²) >= 11 is 0. The first kappa shape index (κ1) is 15.1. The number of hydrogen-bond acceptors (Lipinski definition) is 3. The molecule has 0 aromatic heterocycles. The smallest absolute Gasteiger partial charge is 0.127 e. The van der Waals surface area contributed by atoms with E-state index in [0.29, 0.717) is 12.2 Å². The lowest BCUT2D eigenvalue weighted by atomic mass is 10.1. The maximum atomic E-state index is 8.93. The molecule has 3 nitrogen and oxygen atoms in total. The molecule has 0 unspecified atom stereocenters. The molecule has 108 valence electrons. The lowest BCUT2D eigenvalue weighted by molar-refractivity contribution is 0.300. The highest BCUT2D eigenvalue weighted by atomic mass is 16.5. The van der Waals surface area contributed by atoms with Gasteiger partial charge >= 0.3 is 0 Å². The van der Waals surface area contributed by atoms with Gasteiger partial charge in [-0.1, -0.05) is 37.3 Å². The summed E-state index contributed by atoms with van der Waals surface area (Å²) in [6.45, 7) is 6.34. The van der Waals surface area contributed by atoms with Crippen molar-refractivity contribution in [2.45, 2.75) is 27.0 Å². The molecular formula is C18H20N2O. The second-order valence-electron chi connectivity index (χ2n) is 4.94. The zero-order valence-corrected chi connectivity index (χ0v) is 12.5. The number of benzene rings is 2. The monoisotopic (exact) mass is 280 g/mol. The predicted octanol–water partition coefficient (Wildman–Crippen LogP) is 3.56. The number of para-hydroxylation sites is 1. The van der Waals surface area contributed by atoms with Gasteiger partial charge in [0.05, 0.1) is 11.6 Å². The standard InChI is InChI=1S/C18H20N2O/c1-3-20-12-17-9-4-6-14(2)18(17)21-13-16-8-5-7-15(10-16)11-19/h4-10,20H,3,12-13H2,1-2H3. The van der Waals surface area contributed by atoms with Crippen molar-refractivity contribution >= 4 is 0 Å². The number of ether oxygens (including phenoxy) is 1. The maximum Gasteiger partial charge on any atom is 0.127 e. The van der Waals surface area contributed by atoms with Gasteiger partial charge in [0, 0.05) is 12.1 Å². The van der Waals surface area contributed by atoms with Crippen LogP contribution in [0.25, 0.3) is 0 Å². The van der Waals surface area contributed by atoms with E-state index < -0.39 is 0 Å². The first-order valence-corrected chi connectivity index (χ1v) is 7.15. The normalized spacial score (nSPS) is 10.1. The van der Waals surface area contributed by atoms with E-state index in [2.05, 4.69) is 37.4 Å². The number of nitrogens with zero attached hydrogens (tertiary/aromatic N) is 1. The molecule has 0 spiro atoms. The highest BCUT2D eigenvalue weighted by molar-refractivity contribution is 5.41. The van der Waals surface area contributed by atoms with Crippen molar-refractivity contribution in [1.82, 2.24) is 5.32 Å². The van der Waals surface area contributed by atoms with E-state index in [-0.39, 0.29) is 0 Å². The number of rotatable bonds is 6. The zero-order chi connectivity index (χ0) is 15.1. The van der Waals surface area contributed by atoms with Crippen molar-refractivity contribution in [2.24, 2.45) is 0 Å². The summed E-state index contributed by atoms with van der Waals surface area (Å²) in [7, 11) is 0. The molecule has 21 heavy (non-hydrogen) atoms. The predicted molar refractivity (Wildman–Crippen MR) is 84.0 cm³/mol. The topological polar surface area (TPSA) is 45.0 Å². The van der Waals surface area contributed by atoms with Crippen LogP contribution >= 0.6 is 0 Å². The van der Waals surface area contributed by atoms with Crippen molar-refractivity contribution in [3.63, 3.8) is 0 Å². The van der Waals surface area contributed by atoms with Crippen molar-refractivity contribution < 1.29 is 4.74 Å². The third-order valence-corrected chi connectivity index (χ3v) is 3.30. The minimum atomic E-state index is 0.472. The van der Waals surface area contributed by atoms with Crippen LogP contribution in [-0.4, -0.2) is 6.54 Å². The van der Waals surface area contributed by atoms with Crippen molar-refractivity contribution in [1.29, 1.82) is 5.26 Å². The lowest BCUT2D eigenvalue weighted by Gasteiger charge is -2.14. The Hall–Kier alpha value is -2.31. The molecule has 0 heterocycles. The molecule has 2 aromatic carbocycles. The van der Waals surface area contributed by atoms with Crippen molar-refractivity contribution in [3.05, 3.63) is 64.7 Å². The van der Waals surface area contributed by atoms with Gasteiger partial charge in [0.1, 0.15) is 12.4 Å². The Morgan fingerprint density at radius 3 is 2.76 bits per heavy atom. The molecule has 0 fully saturated rings. The maximum absolute atomic E-state index is 8.93. The zero-order valence-electron chi connectivity index (χ0n) is 12.5. The molecule has 1 N–H and O–H groups in total. The van der Waals surface area contributed by atoms with E-state index in [1.807, 2.05) is 24.3 Å². The molecule has 0 aliphatic rings. The molecule has 2 rings (SSSR count). The number of nitriles is 1. The fourth-order valence-electron chi connectivity index (χ4n) is 2.20. The summed E-state index contributed by atoms with van der Waals surface area (Å²) in [4.78, 5) is 0. The second-order valence-corrected chi connectivity index (χ2v) is 4.94. The summed E-state index contributed by atoms with van der Waals surface area (Å²) in [6.07, 6.45) is 0. The van der Waals surface area contributed by atoms with Crippen LogP contribution in [-0.2, 0) is 13.2 Å². The third kappa shape index (κ3) is 4.08. The molecule has 0 saturated carbocycles. The first-order chi connectivity index (χ1) is 10.2. The Morgan fingerprint density at radius 1 is 1.19 bits per heavy atom. The Balaban J connectivity index is 2.13. The lowest BCUT2D eigenvalue weighted by Crippen LogP contribution is -2.13. The van der Waals surface area contributed by atoms with Crippen LogP contribution < -0.4 is 10.1 Å². The van der Waals surface area contributed by atoms with Gasteiger partial charge < -0.3 is 10.1 Å². The fourth-order valence-corrected chi connectivity index (χ4v) is 2.20. The quantitative estimate of drug-likeness (QED) is 0.880. The van der Waals surface area contributed by atoms with Crippen LogP contribution in [0.15, 0.2) is 42.5 Å². The molecule has 0 saturated heterocycles. The Morgan fingerprint density at radius 2 is 2.00 bits per heavy atom. The van der Waals surface area contributed by atoms with Gasteiger partial charge in [-0.3, -0.25) is 0 Å². The van der Waals surface area contributed by atoms with E-state index in [1.165, 1.54) is 0 Å². The summed E-state index contributed by atoms with van der Waals surface area (Å²) in [5.74, 6) is 0.931. The average molecular weight is 280 g/mol. The molecule has 3 heteroatoms. The van der Waals surface area contributed by atoms with Gasteiger partial charge in [0.25, 0.3) is 0 Å². The van der Waals surface area contributed by atoms with E-state index in [1.54, 1.807) is 6.07 Å². The van der Waals surface area contributed by atoms with Gasteiger partial charge in [-0.15, -0.1) is 0 Å². The Bertz CT molecular complexity index is 644. The van der Waals surface area contributed by atoms with Gasteiger partial charge in [-0.2, -0.15) is 5.26 Å². The molecule has 2 aromatic rings. The molecule has 0 bridgehead atoms. The van der Waals surface area contributed by atoms with Crippen molar-refractivity contribution in [3.8, 4) is 11.8 Å². The summed E-state index contributed by atoms with van der Waals surface area (Å²) < 4.78 is 6.00. The fraction of sp³-hybridized carbons (Fsp3) is 0.278. The minimum absolute atomic E-state index is 0.472. The van der Waals surface area contributed by atoms with Crippen LogP contribution in [0.1, 0.15) is 29.2 Å². The SMILES string of the molecule is CCNCc1cccc(C)c1OCc1cccc(C#N)c1. The summed E-state index contributed by atoms with van der Waals surface area (Å²) in [6, 6.07) is 15.9. The molecular weight excluding hydrogens is 260 g/mol. The van der Waals surface area contributed by atoms with Gasteiger partial charge in [0.2, 0.25) is 0 Å². The molecule has 0 atom stereocenters. The Kier molecular flexibility index (Phi) is 5.36. The number of hydrogen-bond donors (Lipinski definition) is 1. The van der Waals surface area contributed by atoms with Crippen LogP contribution in [0.4, 0.5) is 0 Å². The highest BCUT2D eigenvalue weighted by Crippen LogP contribution is 2.24. The largest absolute Gasteiger partial charge is 0.488 e. The molecule has 0 radical (unpaired) electrons. The Labute approximate surface area is 126 Å². The molecule has 0 amide bonds. The average Bonchev–Trinajstić information content (AvgIpc) is 2.52. The minimum Gasteiger partial charge on any atom is -0.488 e. The van der Waals surface area contributed by atoms with Crippen LogP contribution in [0.5, 0.6) is 5.75 Å². The third-order valence-electron chi connectivity index (χ3n) is 3.30. The van der Waals surface area contributed by atoms with E-state index in [4.69, 9.17) is 10.00 Å². The summed E-state index contributed by atoms with van der Waals surface area (Å²) in [5, 5.41) is 12.3. The van der Waals surface area contributed by atoms with E-state index >= 15 is 0 Å². The number of nitrogens with one attached hydrogen (secondary N) is 1. The molecule has 0 aliphatic carbocycles. The molecule has 0 aliphatic heterocycles. The van der Waals surface area contributed by atoms with Crippen LogP contribution in [0.2, 0.25) is 0 Å². The number of aryl methyl sites for hydroxylation is 1. The van der Waals surface area contributed by atoms with Crippen LogP contribution in [0, 0.1) is 18.3 Å². The van der Waals surface area contributed by atoms with Gasteiger partial charge in [0.15, 0.2) is 0 Å². The first-order valence-electron chi connectivity index (χ1n) is 7.15. The van der Waals surface area contributed by atoms with E-state index in [9.17, 15) is 0 Å². The van der Waals surface area contributed by atoms with E-state index in [0.717, 1.165) is 35.5 Å². The van der Waals surface area contributed by atoms with Gasteiger partial charge in [-0.05, 0) is 36.7 Å². The second kappa shape index (κ2) is 7.47.